The van der Waals surface area contributed by atoms with Gasteiger partial charge in [-0.15, -0.1) is 0 Å². The first kappa shape index (κ1) is 16.8. The number of carbonyl (C=O) groups excluding carboxylic acids is 2. The predicted octanol–water partition coefficient (Wildman–Crippen LogP) is 2.39. The summed E-state index contributed by atoms with van der Waals surface area (Å²) in [5.74, 6) is 0.932. The molecule has 1 unspecified atom stereocenters. The SMILES string of the molecule is COc1cccc(CCNC(=O)c2ccc3c(c2)OC(C)C(=O)N3)c1. The first-order valence-electron chi connectivity index (χ1n) is 8.09. The van der Waals surface area contributed by atoms with Gasteiger partial charge in [0.1, 0.15) is 11.5 Å². The Balaban J connectivity index is 1.60. The molecule has 0 fully saturated rings. The molecule has 1 aliphatic heterocycles. The molecule has 0 saturated heterocycles. The Morgan fingerprint density at radius 1 is 1.28 bits per heavy atom. The summed E-state index contributed by atoms with van der Waals surface area (Å²) in [6, 6.07) is 12.7. The van der Waals surface area contributed by atoms with Gasteiger partial charge in [-0.25, -0.2) is 0 Å². The zero-order valence-electron chi connectivity index (χ0n) is 14.2. The lowest BCUT2D eigenvalue weighted by Crippen LogP contribution is -2.34. The van der Waals surface area contributed by atoms with E-state index in [2.05, 4.69) is 10.6 Å². The zero-order valence-corrected chi connectivity index (χ0v) is 14.2. The first-order chi connectivity index (χ1) is 12.1. The molecule has 1 atom stereocenters. The van der Waals surface area contributed by atoms with E-state index >= 15 is 0 Å². The Hall–Kier alpha value is -3.02. The number of carbonyl (C=O) groups is 2. The van der Waals surface area contributed by atoms with Gasteiger partial charge in [0.2, 0.25) is 0 Å². The fraction of sp³-hybridized carbons (Fsp3) is 0.263. The molecule has 0 bridgehead atoms. The van der Waals surface area contributed by atoms with Crippen molar-refractivity contribution < 1.29 is 19.1 Å². The second-order valence-corrected chi connectivity index (χ2v) is 5.82. The Morgan fingerprint density at radius 3 is 2.92 bits per heavy atom. The van der Waals surface area contributed by atoms with Gasteiger partial charge in [-0.3, -0.25) is 9.59 Å². The normalized spacial score (nSPS) is 15.6. The van der Waals surface area contributed by atoms with Gasteiger partial charge in [-0.1, -0.05) is 12.1 Å². The molecule has 1 aliphatic rings. The summed E-state index contributed by atoms with van der Waals surface area (Å²) in [5.41, 5.74) is 2.16. The second-order valence-electron chi connectivity index (χ2n) is 5.82. The van der Waals surface area contributed by atoms with Crippen LogP contribution >= 0.6 is 0 Å². The van der Waals surface area contributed by atoms with Crippen LogP contribution in [-0.4, -0.2) is 31.6 Å². The first-order valence-corrected chi connectivity index (χ1v) is 8.09. The van der Waals surface area contributed by atoms with Crippen LogP contribution < -0.4 is 20.1 Å². The van der Waals surface area contributed by atoms with Crippen LogP contribution in [0.5, 0.6) is 11.5 Å². The van der Waals surface area contributed by atoms with Crippen molar-refractivity contribution in [1.29, 1.82) is 0 Å². The Kier molecular flexibility index (Phi) is 4.88. The molecule has 0 radical (unpaired) electrons. The lowest BCUT2D eigenvalue weighted by molar-refractivity contribution is -0.122. The Labute approximate surface area is 146 Å². The molecule has 0 aromatic heterocycles. The largest absolute Gasteiger partial charge is 0.497 e. The highest BCUT2D eigenvalue weighted by atomic mass is 16.5. The average Bonchev–Trinajstić information content (AvgIpc) is 2.62. The molecule has 1 heterocycles. The fourth-order valence-corrected chi connectivity index (χ4v) is 2.59. The number of hydrogen-bond acceptors (Lipinski definition) is 4. The average molecular weight is 340 g/mol. The van der Waals surface area contributed by atoms with Crippen molar-refractivity contribution in [2.24, 2.45) is 0 Å². The molecule has 0 spiro atoms. The second kappa shape index (κ2) is 7.25. The summed E-state index contributed by atoms with van der Waals surface area (Å²) in [6.07, 6.45) is 0.135. The summed E-state index contributed by atoms with van der Waals surface area (Å²) < 4.78 is 10.7. The van der Waals surface area contributed by atoms with Gasteiger partial charge < -0.3 is 20.1 Å². The van der Waals surface area contributed by atoms with Gasteiger partial charge in [0.15, 0.2) is 6.10 Å². The molecule has 3 rings (SSSR count). The Morgan fingerprint density at radius 2 is 2.12 bits per heavy atom. The van der Waals surface area contributed by atoms with Crippen molar-refractivity contribution in [3.8, 4) is 11.5 Å². The summed E-state index contributed by atoms with van der Waals surface area (Å²) in [4.78, 5) is 23.9. The summed E-state index contributed by atoms with van der Waals surface area (Å²) in [7, 11) is 1.63. The topological polar surface area (TPSA) is 76.7 Å². The van der Waals surface area contributed by atoms with Crippen molar-refractivity contribution in [1.82, 2.24) is 5.32 Å². The van der Waals surface area contributed by atoms with Crippen LogP contribution in [0.1, 0.15) is 22.8 Å². The number of nitrogens with one attached hydrogen (secondary N) is 2. The van der Waals surface area contributed by atoms with Crippen LogP contribution in [0.2, 0.25) is 0 Å². The molecule has 2 aromatic carbocycles. The van der Waals surface area contributed by atoms with E-state index in [-0.39, 0.29) is 11.8 Å². The smallest absolute Gasteiger partial charge is 0.265 e. The third-order valence-electron chi connectivity index (χ3n) is 4.01. The molecule has 2 amide bonds. The predicted molar refractivity (Wildman–Crippen MR) is 94.2 cm³/mol. The molecule has 6 heteroatoms. The van der Waals surface area contributed by atoms with Crippen LogP contribution in [0, 0.1) is 0 Å². The maximum Gasteiger partial charge on any atom is 0.265 e. The number of anilines is 1. The van der Waals surface area contributed by atoms with Crippen LogP contribution in [-0.2, 0) is 11.2 Å². The van der Waals surface area contributed by atoms with Crippen molar-refractivity contribution in [3.63, 3.8) is 0 Å². The number of fused-ring (bicyclic) bond motifs is 1. The fourth-order valence-electron chi connectivity index (χ4n) is 2.59. The van der Waals surface area contributed by atoms with E-state index in [0.29, 0.717) is 30.0 Å². The lowest BCUT2D eigenvalue weighted by atomic mass is 10.1. The van der Waals surface area contributed by atoms with Crippen LogP contribution in [0.25, 0.3) is 0 Å². The van der Waals surface area contributed by atoms with Crippen molar-refractivity contribution in [2.45, 2.75) is 19.4 Å². The van der Waals surface area contributed by atoms with Crippen LogP contribution in [0.4, 0.5) is 5.69 Å². The van der Waals surface area contributed by atoms with Gasteiger partial charge in [0, 0.05) is 12.1 Å². The van der Waals surface area contributed by atoms with E-state index < -0.39 is 6.10 Å². The molecular formula is C19H20N2O4. The number of rotatable bonds is 5. The lowest BCUT2D eigenvalue weighted by Gasteiger charge is -2.23. The highest BCUT2D eigenvalue weighted by Crippen LogP contribution is 2.30. The molecular weight excluding hydrogens is 320 g/mol. The monoisotopic (exact) mass is 340 g/mol. The number of ether oxygens (including phenoxy) is 2. The third kappa shape index (κ3) is 3.91. The van der Waals surface area contributed by atoms with E-state index in [1.807, 2.05) is 24.3 Å². The number of methoxy groups -OCH3 is 1. The molecule has 0 aliphatic carbocycles. The third-order valence-corrected chi connectivity index (χ3v) is 4.01. The van der Waals surface area contributed by atoms with Crippen LogP contribution in [0.3, 0.4) is 0 Å². The standard InChI is InChI=1S/C19H20N2O4/c1-12-18(22)21-16-7-6-14(11-17(16)25-12)19(23)20-9-8-13-4-3-5-15(10-13)24-2/h3-7,10-12H,8-9H2,1-2H3,(H,20,23)(H,21,22). The summed E-state index contributed by atoms with van der Waals surface area (Å²) in [5, 5.41) is 5.63. The van der Waals surface area contributed by atoms with Gasteiger partial charge in [-0.2, -0.15) is 0 Å². The van der Waals surface area contributed by atoms with E-state index in [1.54, 1.807) is 32.2 Å². The minimum atomic E-state index is -0.570. The maximum atomic E-state index is 12.3. The number of benzene rings is 2. The van der Waals surface area contributed by atoms with Crippen molar-refractivity contribution in [3.05, 3.63) is 53.6 Å². The summed E-state index contributed by atoms with van der Waals surface area (Å²) in [6.45, 7) is 2.18. The molecule has 25 heavy (non-hydrogen) atoms. The van der Waals surface area contributed by atoms with Gasteiger partial charge in [0.05, 0.1) is 12.8 Å². The highest BCUT2D eigenvalue weighted by molar-refractivity contribution is 6.00. The quantitative estimate of drug-likeness (QED) is 0.876. The molecule has 2 aromatic rings. The van der Waals surface area contributed by atoms with E-state index in [4.69, 9.17) is 9.47 Å². The molecule has 0 saturated carbocycles. The van der Waals surface area contributed by atoms with E-state index in [1.165, 1.54) is 0 Å². The molecule has 130 valence electrons. The minimum Gasteiger partial charge on any atom is -0.497 e. The Bertz CT molecular complexity index is 804. The molecule has 6 nitrogen and oxygen atoms in total. The van der Waals surface area contributed by atoms with Crippen LogP contribution in [0.15, 0.2) is 42.5 Å². The maximum absolute atomic E-state index is 12.3. The van der Waals surface area contributed by atoms with Crippen molar-refractivity contribution in [2.75, 3.05) is 19.0 Å². The number of hydrogen-bond donors (Lipinski definition) is 2. The highest BCUT2D eigenvalue weighted by Gasteiger charge is 2.24. The van der Waals surface area contributed by atoms with E-state index in [9.17, 15) is 9.59 Å². The zero-order chi connectivity index (χ0) is 17.8. The van der Waals surface area contributed by atoms with Crippen molar-refractivity contribution >= 4 is 17.5 Å². The van der Waals surface area contributed by atoms with E-state index in [0.717, 1.165) is 11.3 Å². The number of amides is 2. The molecule has 2 N–H and O–H groups in total. The van der Waals surface area contributed by atoms with Gasteiger partial charge in [0.25, 0.3) is 11.8 Å². The van der Waals surface area contributed by atoms with Gasteiger partial charge in [-0.05, 0) is 49.2 Å². The summed E-state index contributed by atoms with van der Waals surface area (Å²) >= 11 is 0. The van der Waals surface area contributed by atoms with Gasteiger partial charge >= 0.3 is 0 Å². The minimum absolute atomic E-state index is 0.182.